The fourth-order valence-electron chi connectivity index (χ4n) is 3.89. The second-order valence-electron chi connectivity index (χ2n) is 7.30. The topological polar surface area (TPSA) is 68.4 Å². The second kappa shape index (κ2) is 7.54. The Balaban J connectivity index is 1.79. The maximum absolute atomic E-state index is 13.2. The van der Waals surface area contributed by atoms with E-state index in [9.17, 15) is 9.59 Å². The molecule has 6 nitrogen and oxygen atoms in total. The number of benzene rings is 2. The highest BCUT2D eigenvalue weighted by atomic mass is 16.2. The van der Waals surface area contributed by atoms with Crippen molar-refractivity contribution >= 4 is 22.5 Å². The summed E-state index contributed by atoms with van der Waals surface area (Å²) in [6, 6.07) is 16.9. The molecule has 0 saturated heterocycles. The van der Waals surface area contributed by atoms with E-state index in [-0.39, 0.29) is 11.5 Å². The van der Waals surface area contributed by atoms with E-state index in [1.165, 1.54) is 6.07 Å². The van der Waals surface area contributed by atoms with Gasteiger partial charge in [0.25, 0.3) is 5.56 Å². The molecule has 1 N–H and O–H groups in total. The zero-order valence-corrected chi connectivity index (χ0v) is 16.8. The number of aryl methyl sites for hydroxylation is 2. The fraction of sp³-hybridized carbons (Fsp3) is 0.261. The summed E-state index contributed by atoms with van der Waals surface area (Å²) in [7, 11) is 0. The van der Waals surface area contributed by atoms with Crippen LogP contribution in [0, 0.1) is 13.8 Å². The molecule has 0 radical (unpaired) electrons. The minimum Gasteiger partial charge on any atom is -0.350 e. The van der Waals surface area contributed by atoms with E-state index < -0.39 is 6.04 Å². The van der Waals surface area contributed by atoms with Crippen molar-refractivity contribution in [2.24, 2.45) is 0 Å². The maximum Gasteiger partial charge on any atom is 0.273 e. The van der Waals surface area contributed by atoms with Gasteiger partial charge in [-0.1, -0.05) is 43.3 Å². The monoisotopic (exact) mass is 388 g/mol. The molecule has 4 aromatic rings. The lowest BCUT2D eigenvalue weighted by Crippen LogP contribution is -2.34. The molecule has 2 heterocycles. The van der Waals surface area contributed by atoms with Gasteiger partial charge in [0.15, 0.2) is 5.65 Å². The number of carbonyl (C=O) groups excluding carboxylic acids is 1. The highest BCUT2D eigenvalue weighted by Gasteiger charge is 2.24. The van der Waals surface area contributed by atoms with Gasteiger partial charge >= 0.3 is 0 Å². The second-order valence-corrected chi connectivity index (χ2v) is 7.30. The van der Waals surface area contributed by atoms with Crippen LogP contribution in [0.1, 0.15) is 36.2 Å². The zero-order valence-electron chi connectivity index (χ0n) is 16.8. The van der Waals surface area contributed by atoms with Crippen molar-refractivity contribution in [2.75, 3.05) is 0 Å². The standard InChI is InChI=1S/C23H24N4O2/c1-4-19(23(29)24-14-17-10-6-5-9-15(17)2)27-20-12-8-7-11-18(20)22-25-21(28)13-16(3)26(22)27/h5-13,19H,4,14H2,1-3H3,(H,24,29)/t19-/m0/s1. The predicted molar refractivity (Wildman–Crippen MR) is 114 cm³/mol. The Hall–Kier alpha value is -3.41. The van der Waals surface area contributed by atoms with Crippen LogP contribution in [0.4, 0.5) is 0 Å². The number of aromatic nitrogens is 3. The van der Waals surface area contributed by atoms with Crippen molar-refractivity contribution in [2.45, 2.75) is 39.8 Å². The van der Waals surface area contributed by atoms with Crippen molar-refractivity contribution in [3.63, 3.8) is 0 Å². The van der Waals surface area contributed by atoms with Gasteiger partial charge in [0.05, 0.1) is 5.52 Å². The Morgan fingerprint density at radius 3 is 2.59 bits per heavy atom. The Bertz CT molecular complexity index is 1270. The first-order valence-electron chi connectivity index (χ1n) is 9.83. The van der Waals surface area contributed by atoms with Gasteiger partial charge in [-0.25, -0.2) is 4.52 Å². The number of amides is 1. The summed E-state index contributed by atoms with van der Waals surface area (Å²) in [5.41, 5.74) is 4.18. The molecule has 0 spiro atoms. The minimum absolute atomic E-state index is 0.0588. The van der Waals surface area contributed by atoms with Crippen LogP contribution >= 0.6 is 0 Å². The molecular weight excluding hydrogens is 364 g/mol. The van der Waals surface area contributed by atoms with E-state index in [4.69, 9.17) is 0 Å². The van der Waals surface area contributed by atoms with Gasteiger partial charge in [-0.15, -0.1) is 0 Å². The quantitative estimate of drug-likeness (QED) is 0.569. The number of rotatable bonds is 5. The minimum atomic E-state index is -0.426. The van der Waals surface area contributed by atoms with Crippen LogP contribution in [0.25, 0.3) is 16.6 Å². The van der Waals surface area contributed by atoms with Crippen molar-refractivity contribution in [1.82, 2.24) is 19.5 Å². The van der Waals surface area contributed by atoms with E-state index in [1.807, 2.05) is 78.5 Å². The third-order valence-corrected chi connectivity index (χ3v) is 5.39. The molecule has 1 amide bonds. The third kappa shape index (κ3) is 3.31. The maximum atomic E-state index is 13.2. The number of para-hydroxylation sites is 1. The zero-order chi connectivity index (χ0) is 20.5. The molecule has 1 atom stereocenters. The van der Waals surface area contributed by atoms with E-state index in [0.29, 0.717) is 18.6 Å². The Morgan fingerprint density at radius 2 is 1.83 bits per heavy atom. The molecule has 0 bridgehead atoms. The lowest BCUT2D eigenvalue weighted by atomic mass is 10.1. The molecule has 0 aliphatic carbocycles. The van der Waals surface area contributed by atoms with Crippen LogP contribution < -0.4 is 10.9 Å². The van der Waals surface area contributed by atoms with Crippen LogP contribution in [-0.2, 0) is 11.3 Å². The molecule has 6 heteroatoms. The van der Waals surface area contributed by atoms with Crippen LogP contribution in [0.15, 0.2) is 59.4 Å². The van der Waals surface area contributed by atoms with Gasteiger partial charge in [-0.3, -0.25) is 14.3 Å². The average molecular weight is 388 g/mol. The van der Waals surface area contributed by atoms with Gasteiger partial charge in [0, 0.05) is 23.7 Å². The summed E-state index contributed by atoms with van der Waals surface area (Å²) in [5.74, 6) is -0.0588. The summed E-state index contributed by atoms with van der Waals surface area (Å²) >= 11 is 0. The SMILES string of the molecule is CC[C@@H](C(=O)NCc1ccccc1C)n1c2ccccc2c2nc(=O)cc(C)n21. The van der Waals surface area contributed by atoms with Gasteiger partial charge < -0.3 is 5.32 Å². The van der Waals surface area contributed by atoms with E-state index in [2.05, 4.69) is 10.3 Å². The van der Waals surface area contributed by atoms with Crippen molar-refractivity contribution < 1.29 is 4.79 Å². The first-order valence-corrected chi connectivity index (χ1v) is 9.83. The smallest absolute Gasteiger partial charge is 0.273 e. The van der Waals surface area contributed by atoms with Crippen LogP contribution in [0.5, 0.6) is 0 Å². The molecule has 0 aliphatic rings. The van der Waals surface area contributed by atoms with Crippen molar-refractivity contribution in [3.8, 4) is 0 Å². The number of nitrogens with zero attached hydrogens (tertiary/aromatic N) is 3. The fourth-order valence-corrected chi connectivity index (χ4v) is 3.89. The molecule has 29 heavy (non-hydrogen) atoms. The number of hydrogen-bond acceptors (Lipinski definition) is 3. The number of fused-ring (bicyclic) bond motifs is 3. The van der Waals surface area contributed by atoms with E-state index in [0.717, 1.165) is 27.7 Å². The molecule has 4 rings (SSSR count). The highest BCUT2D eigenvalue weighted by molar-refractivity contribution is 5.94. The first kappa shape index (κ1) is 18.9. The summed E-state index contributed by atoms with van der Waals surface area (Å²) in [5, 5.41) is 3.94. The molecular formula is C23H24N4O2. The predicted octanol–water partition coefficient (Wildman–Crippen LogP) is 3.53. The summed E-state index contributed by atoms with van der Waals surface area (Å²) in [6.07, 6.45) is 0.610. The Labute approximate surface area is 168 Å². The van der Waals surface area contributed by atoms with Crippen molar-refractivity contribution in [3.05, 3.63) is 81.8 Å². The molecule has 0 fully saturated rings. The largest absolute Gasteiger partial charge is 0.350 e. The molecule has 0 saturated carbocycles. The Morgan fingerprint density at radius 1 is 1.10 bits per heavy atom. The van der Waals surface area contributed by atoms with Gasteiger partial charge in [0.2, 0.25) is 5.91 Å². The molecule has 2 aromatic carbocycles. The van der Waals surface area contributed by atoms with Crippen LogP contribution in [-0.4, -0.2) is 20.1 Å². The number of carbonyl (C=O) groups is 1. The van der Waals surface area contributed by atoms with Gasteiger partial charge in [0.1, 0.15) is 6.04 Å². The normalized spacial score (nSPS) is 12.4. The van der Waals surface area contributed by atoms with Crippen LogP contribution in [0.2, 0.25) is 0 Å². The third-order valence-electron chi connectivity index (χ3n) is 5.39. The summed E-state index contributed by atoms with van der Waals surface area (Å²) in [6.45, 7) is 6.37. The summed E-state index contributed by atoms with van der Waals surface area (Å²) in [4.78, 5) is 29.4. The Kier molecular flexibility index (Phi) is 4.92. The average Bonchev–Trinajstić information content (AvgIpc) is 3.03. The lowest BCUT2D eigenvalue weighted by molar-refractivity contribution is -0.124. The van der Waals surface area contributed by atoms with E-state index in [1.54, 1.807) is 0 Å². The van der Waals surface area contributed by atoms with E-state index >= 15 is 0 Å². The highest BCUT2D eigenvalue weighted by Crippen LogP contribution is 2.26. The van der Waals surface area contributed by atoms with Crippen molar-refractivity contribution in [1.29, 1.82) is 0 Å². The summed E-state index contributed by atoms with van der Waals surface area (Å²) < 4.78 is 3.84. The van der Waals surface area contributed by atoms with Gasteiger partial charge in [-0.2, -0.15) is 4.98 Å². The molecule has 2 aromatic heterocycles. The van der Waals surface area contributed by atoms with Crippen LogP contribution in [0.3, 0.4) is 0 Å². The lowest BCUT2D eigenvalue weighted by Gasteiger charge is -2.21. The molecule has 0 unspecified atom stereocenters. The molecule has 0 aliphatic heterocycles. The van der Waals surface area contributed by atoms with Gasteiger partial charge in [-0.05, 0) is 43.5 Å². The number of hydrogen-bond donors (Lipinski definition) is 1. The first-order chi connectivity index (χ1) is 14.0. The number of nitrogens with one attached hydrogen (secondary N) is 1. The molecule has 148 valence electrons.